The molecular formula is C20H22NO2+. The van der Waals surface area contributed by atoms with Gasteiger partial charge in [0.2, 0.25) is 0 Å². The molecule has 0 aliphatic carbocycles. The number of benzene rings is 2. The van der Waals surface area contributed by atoms with Gasteiger partial charge in [0, 0.05) is 22.6 Å². The fourth-order valence-electron chi connectivity index (χ4n) is 2.89. The molecule has 3 rings (SSSR count). The van der Waals surface area contributed by atoms with Gasteiger partial charge in [0.25, 0.3) is 0 Å². The van der Waals surface area contributed by atoms with E-state index in [0.29, 0.717) is 11.6 Å². The minimum atomic E-state index is -0.276. The predicted octanol–water partition coefficient (Wildman–Crippen LogP) is 3.23. The van der Waals surface area contributed by atoms with E-state index < -0.39 is 0 Å². The Morgan fingerprint density at radius 2 is 1.83 bits per heavy atom. The molecule has 0 fully saturated rings. The molecule has 0 amide bonds. The highest BCUT2D eigenvalue weighted by molar-refractivity contribution is 5.83. The van der Waals surface area contributed by atoms with Crippen molar-refractivity contribution in [3.63, 3.8) is 0 Å². The van der Waals surface area contributed by atoms with Gasteiger partial charge in [0.05, 0.1) is 0 Å². The molecule has 0 aliphatic rings. The second kappa shape index (κ2) is 6.39. The standard InChI is InChI=1S/C20H21NO2/c1-13-9-10-18-17(11-19(22)23-20(18)14(13)2)12-21-15(3)16-7-5-4-6-8-16/h4-11,15,21H,12H2,1-3H3/p+1/t15-/m1/s1. The molecule has 0 unspecified atom stereocenters. The zero-order valence-corrected chi connectivity index (χ0v) is 13.8. The Bertz CT molecular complexity index is 881. The molecule has 0 saturated heterocycles. The summed E-state index contributed by atoms with van der Waals surface area (Å²) in [6.45, 7) is 6.96. The molecular weight excluding hydrogens is 286 g/mol. The van der Waals surface area contributed by atoms with E-state index in [0.717, 1.165) is 28.6 Å². The quantitative estimate of drug-likeness (QED) is 0.752. The lowest BCUT2D eigenvalue weighted by atomic mass is 10.0. The van der Waals surface area contributed by atoms with Crippen LogP contribution in [0.3, 0.4) is 0 Å². The van der Waals surface area contributed by atoms with Crippen LogP contribution in [-0.4, -0.2) is 0 Å². The molecule has 3 aromatic rings. The monoisotopic (exact) mass is 308 g/mol. The zero-order valence-electron chi connectivity index (χ0n) is 13.8. The maximum Gasteiger partial charge on any atom is 0.336 e. The Morgan fingerprint density at radius 1 is 1.09 bits per heavy atom. The van der Waals surface area contributed by atoms with Crippen LogP contribution < -0.4 is 10.9 Å². The summed E-state index contributed by atoms with van der Waals surface area (Å²) in [5, 5.41) is 3.28. The third-order valence-electron chi connectivity index (χ3n) is 4.53. The molecule has 1 aromatic heterocycles. The molecule has 0 radical (unpaired) electrons. The molecule has 23 heavy (non-hydrogen) atoms. The van der Waals surface area contributed by atoms with E-state index in [4.69, 9.17) is 4.42 Å². The number of aryl methyl sites for hydroxylation is 2. The lowest BCUT2D eigenvalue weighted by Gasteiger charge is -2.12. The first-order chi connectivity index (χ1) is 11.1. The molecule has 0 saturated carbocycles. The first kappa shape index (κ1) is 15.5. The average Bonchev–Trinajstić information content (AvgIpc) is 2.57. The Kier molecular flexibility index (Phi) is 4.30. The lowest BCUT2D eigenvalue weighted by Crippen LogP contribution is -2.83. The Morgan fingerprint density at radius 3 is 2.57 bits per heavy atom. The molecule has 1 heterocycles. The van der Waals surface area contributed by atoms with Gasteiger partial charge in [-0.1, -0.05) is 42.5 Å². The first-order valence-corrected chi connectivity index (χ1v) is 7.97. The van der Waals surface area contributed by atoms with E-state index in [1.807, 2.05) is 19.9 Å². The van der Waals surface area contributed by atoms with Crippen molar-refractivity contribution in [2.45, 2.75) is 33.4 Å². The van der Waals surface area contributed by atoms with Crippen LogP contribution in [0.5, 0.6) is 0 Å². The van der Waals surface area contributed by atoms with Gasteiger partial charge >= 0.3 is 5.63 Å². The maximum absolute atomic E-state index is 11.9. The van der Waals surface area contributed by atoms with E-state index in [1.54, 1.807) is 6.07 Å². The number of fused-ring (bicyclic) bond motifs is 1. The molecule has 3 heteroatoms. The van der Waals surface area contributed by atoms with Crippen molar-refractivity contribution in [2.24, 2.45) is 0 Å². The molecule has 0 spiro atoms. The first-order valence-electron chi connectivity index (χ1n) is 7.97. The van der Waals surface area contributed by atoms with Crippen LogP contribution in [0.15, 0.2) is 57.7 Å². The van der Waals surface area contributed by atoms with Crippen LogP contribution in [0.4, 0.5) is 0 Å². The summed E-state index contributed by atoms with van der Waals surface area (Å²) in [5.41, 5.74) is 4.93. The maximum atomic E-state index is 11.9. The van der Waals surface area contributed by atoms with Crippen molar-refractivity contribution < 1.29 is 9.73 Å². The average molecular weight is 308 g/mol. The van der Waals surface area contributed by atoms with Crippen molar-refractivity contribution in [1.29, 1.82) is 0 Å². The van der Waals surface area contributed by atoms with Crippen molar-refractivity contribution in [1.82, 2.24) is 0 Å². The van der Waals surface area contributed by atoms with Crippen molar-refractivity contribution in [3.8, 4) is 0 Å². The zero-order chi connectivity index (χ0) is 16.4. The molecule has 0 aliphatic heterocycles. The second-order valence-electron chi connectivity index (χ2n) is 6.11. The fraction of sp³-hybridized carbons (Fsp3) is 0.250. The topological polar surface area (TPSA) is 46.8 Å². The van der Waals surface area contributed by atoms with Gasteiger partial charge in [-0.25, -0.2) is 4.79 Å². The summed E-state index contributed by atoms with van der Waals surface area (Å²) >= 11 is 0. The third kappa shape index (κ3) is 3.20. The predicted molar refractivity (Wildman–Crippen MR) is 92.4 cm³/mol. The molecule has 2 N–H and O–H groups in total. The summed E-state index contributed by atoms with van der Waals surface area (Å²) in [6, 6.07) is 16.5. The van der Waals surface area contributed by atoms with Crippen molar-refractivity contribution in [3.05, 3.63) is 81.2 Å². The highest BCUT2D eigenvalue weighted by Crippen LogP contribution is 2.22. The number of hydrogen-bond acceptors (Lipinski definition) is 2. The van der Waals surface area contributed by atoms with E-state index in [1.165, 1.54) is 5.56 Å². The van der Waals surface area contributed by atoms with Gasteiger partial charge in [-0.2, -0.15) is 0 Å². The summed E-state index contributed by atoms with van der Waals surface area (Å²) in [7, 11) is 0. The van der Waals surface area contributed by atoms with Crippen LogP contribution >= 0.6 is 0 Å². The normalized spacial score (nSPS) is 12.5. The van der Waals surface area contributed by atoms with Gasteiger partial charge in [0.15, 0.2) is 0 Å². The largest absolute Gasteiger partial charge is 0.422 e. The van der Waals surface area contributed by atoms with Gasteiger partial charge in [-0.15, -0.1) is 0 Å². The van der Waals surface area contributed by atoms with Crippen LogP contribution in [-0.2, 0) is 6.54 Å². The van der Waals surface area contributed by atoms with Gasteiger partial charge in [-0.05, 0) is 31.9 Å². The molecule has 1 atom stereocenters. The minimum Gasteiger partial charge on any atom is -0.422 e. The van der Waals surface area contributed by atoms with Crippen LogP contribution in [0, 0.1) is 13.8 Å². The van der Waals surface area contributed by atoms with Crippen LogP contribution in [0.1, 0.15) is 35.2 Å². The van der Waals surface area contributed by atoms with Crippen LogP contribution in [0.2, 0.25) is 0 Å². The van der Waals surface area contributed by atoms with Gasteiger partial charge in [-0.3, -0.25) is 0 Å². The Hall–Kier alpha value is -2.39. The molecule has 0 bridgehead atoms. The lowest BCUT2D eigenvalue weighted by molar-refractivity contribution is -0.707. The number of quaternary nitrogens is 1. The molecule has 2 aromatic carbocycles. The SMILES string of the molecule is Cc1ccc2c(C[NH2+][C@H](C)c3ccccc3)cc(=O)oc2c1C. The summed E-state index contributed by atoms with van der Waals surface area (Å²) in [5.74, 6) is 0. The number of rotatable bonds is 4. The molecule has 3 nitrogen and oxygen atoms in total. The Labute approximate surface area is 136 Å². The summed E-state index contributed by atoms with van der Waals surface area (Å²) < 4.78 is 5.44. The minimum absolute atomic E-state index is 0.276. The third-order valence-corrected chi connectivity index (χ3v) is 4.53. The van der Waals surface area contributed by atoms with E-state index in [-0.39, 0.29) is 5.63 Å². The second-order valence-corrected chi connectivity index (χ2v) is 6.11. The van der Waals surface area contributed by atoms with Crippen molar-refractivity contribution >= 4 is 11.0 Å². The van der Waals surface area contributed by atoms with Gasteiger partial charge < -0.3 is 9.73 Å². The number of hydrogen-bond donors (Lipinski definition) is 1. The fourth-order valence-corrected chi connectivity index (χ4v) is 2.89. The summed E-state index contributed by atoms with van der Waals surface area (Å²) in [6.07, 6.45) is 0. The summed E-state index contributed by atoms with van der Waals surface area (Å²) in [4.78, 5) is 11.9. The Balaban J connectivity index is 1.91. The smallest absolute Gasteiger partial charge is 0.336 e. The van der Waals surface area contributed by atoms with Crippen LogP contribution in [0.25, 0.3) is 11.0 Å². The van der Waals surface area contributed by atoms with Gasteiger partial charge in [0.1, 0.15) is 18.2 Å². The van der Waals surface area contributed by atoms with E-state index in [9.17, 15) is 4.79 Å². The highest BCUT2D eigenvalue weighted by Gasteiger charge is 2.13. The number of nitrogens with two attached hydrogens (primary N) is 1. The van der Waals surface area contributed by atoms with Crippen molar-refractivity contribution in [2.75, 3.05) is 0 Å². The highest BCUT2D eigenvalue weighted by atomic mass is 16.4. The van der Waals surface area contributed by atoms with E-state index in [2.05, 4.69) is 48.6 Å². The van der Waals surface area contributed by atoms with E-state index >= 15 is 0 Å². The molecule has 118 valence electrons.